The first-order valence-corrected chi connectivity index (χ1v) is 27.6. The van der Waals surface area contributed by atoms with Crippen LogP contribution in [0.1, 0.15) is 111 Å². The first-order chi connectivity index (χ1) is 35.9. The number of nitro groups is 1. The van der Waals surface area contributed by atoms with Crippen molar-refractivity contribution in [3.63, 3.8) is 0 Å². The van der Waals surface area contributed by atoms with Gasteiger partial charge >= 0.3 is 0 Å². The highest BCUT2D eigenvalue weighted by molar-refractivity contribution is 7.90. The zero-order valence-electron chi connectivity index (χ0n) is 43.1. The minimum atomic E-state index is -4.61. The summed E-state index contributed by atoms with van der Waals surface area (Å²) in [5.74, 6) is 0.508. The maximum absolute atomic E-state index is 16.1. The Balaban J connectivity index is 0.836. The molecule has 0 radical (unpaired) electrons. The molecule has 2 saturated carbocycles. The van der Waals surface area contributed by atoms with Gasteiger partial charge in [0.1, 0.15) is 34.4 Å². The number of hydrogen-bond donors (Lipinski definition) is 4. The summed E-state index contributed by atoms with van der Waals surface area (Å²) >= 11 is 0. The van der Waals surface area contributed by atoms with Gasteiger partial charge in [-0.3, -0.25) is 24.7 Å². The summed E-state index contributed by atoms with van der Waals surface area (Å²) in [6.45, 7) is 11.2. The van der Waals surface area contributed by atoms with E-state index in [1.54, 1.807) is 50.6 Å². The zero-order valence-corrected chi connectivity index (χ0v) is 43.9. The number of nitro benzene ring substituents is 1. The first-order valence-electron chi connectivity index (χ1n) is 26.2. The lowest BCUT2D eigenvalue weighted by Crippen LogP contribution is -2.60. The Morgan fingerprint density at radius 3 is 2.44 bits per heavy atom. The number of pyridine rings is 1. The summed E-state index contributed by atoms with van der Waals surface area (Å²) in [6, 6.07) is 26.1. The molecule has 396 valence electrons. The summed E-state index contributed by atoms with van der Waals surface area (Å²) in [7, 11) is -2.94. The molecule has 16 nitrogen and oxygen atoms in total. The molecule has 4 aliphatic rings. The predicted octanol–water partition coefficient (Wildman–Crippen LogP) is 10.3. The van der Waals surface area contributed by atoms with Crippen LogP contribution < -0.4 is 24.4 Å². The van der Waals surface area contributed by atoms with Crippen LogP contribution in [0.3, 0.4) is 0 Å². The second-order valence-electron chi connectivity index (χ2n) is 21.8. The van der Waals surface area contributed by atoms with Gasteiger partial charge in [0.2, 0.25) is 0 Å². The van der Waals surface area contributed by atoms with Gasteiger partial charge in [0.05, 0.1) is 40.3 Å². The Morgan fingerprint density at radius 1 is 0.960 bits per heavy atom. The van der Waals surface area contributed by atoms with E-state index in [0.29, 0.717) is 36.8 Å². The molecule has 1 unspecified atom stereocenters. The van der Waals surface area contributed by atoms with E-state index in [-0.39, 0.29) is 46.1 Å². The summed E-state index contributed by atoms with van der Waals surface area (Å²) < 4.78 is 57.7. The van der Waals surface area contributed by atoms with Crippen molar-refractivity contribution in [3.8, 4) is 17.2 Å². The van der Waals surface area contributed by atoms with E-state index in [2.05, 4.69) is 66.8 Å². The number of H-pyrrole nitrogens is 1. The van der Waals surface area contributed by atoms with E-state index < -0.39 is 37.0 Å². The largest absolute Gasteiger partial charge is 0.497 e. The van der Waals surface area contributed by atoms with Crippen molar-refractivity contribution >= 4 is 44.0 Å². The molecule has 18 heteroatoms. The van der Waals surface area contributed by atoms with Crippen LogP contribution in [-0.2, 0) is 16.6 Å². The number of halogens is 1. The average Bonchev–Trinajstić information content (AvgIpc) is 3.87. The van der Waals surface area contributed by atoms with Crippen molar-refractivity contribution < 1.29 is 37.1 Å². The molecule has 2 aliphatic carbocycles. The molecular formula is C57H67FN8O8S. The minimum absolute atomic E-state index is 0.0554. The van der Waals surface area contributed by atoms with E-state index in [9.17, 15) is 28.4 Å². The van der Waals surface area contributed by atoms with Crippen LogP contribution in [-0.4, -0.2) is 102 Å². The fourth-order valence-electron chi connectivity index (χ4n) is 12.0. The number of methoxy groups -OCH3 is 1. The van der Waals surface area contributed by atoms with Gasteiger partial charge in [0.25, 0.3) is 21.6 Å². The first kappa shape index (κ1) is 51.9. The van der Waals surface area contributed by atoms with Gasteiger partial charge in [-0.15, -0.1) is 0 Å². The van der Waals surface area contributed by atoms with Gasteiger partial charge in [-0.05, 0) is 141 Å². The van der Waals surface area contributed by atoms with E-state index in [1.807, 2.05) is 24.3 Å². The van der Waals surface area contributed by atoms with Crippen LogP contribution in [0.2, 0.25) is 0 Å². The number of aromatic nitrogens is 2. The lowest BCUT2D eigenvalue weighted by Gasteiger charge is -2.58. The van der Waals surface area contributed by atoms with Crippen molar-refractivity contribution in [2.75, 3.05) is 56.6 Å². The Kier molecular flexibility index (Phi) is 14.7. The smallest absolute Gasteiger partial charge is 0.293 e. The number of carbonyl (C=O) groups is 1. The van der Waals surface area contributed by atoms with E-state index in [4.69, 9.17) is 9.47 Å². The molecule has 4 fully saturated rings. The van der Waals surface area contributed by atoms with Gasteiger partial charge in [-0.25, -0.2) is 22.5 Å². The van der Waals surface area contributed by atoms with Crippen LogP contribution in [0, 0.1) is 27.3 Å². The number of piperazine rings is 1. The Bertz CT molecular complexity index is 3160. The van der Waals surface area contributed by atoms with Crippen molar-refractivity contribution in [1.82, 2.24) is 24.5 Å². The molecule has 0 bridgehead atoms. The third-order valence-electron chi connectivity index (χ3n) is 16.4. The maximum Gasteiger partial charge on any atom is 0.293 e. The third-order valence-corrected chi connectivity index (χ3v) is 17.7. The SMILES string of the molecule is COc1ccc(CN2CCN(C3CC4(CCN(c5ccc(C(=O)NS(=O)(=O)c6ccc(NCC7CCC(C)(O)CC7)c([N+](=O)[O-])c6)c(Oc6cnc7[nH]ccc7c6)c5)CC4)C3)C(c3c(F)cccc3C(C)C)C2)cc1. The number of anilines is 2. The topological polar surface area (TPSA) is 195 Å². The molecule has 75 heavy (non-hydrogen) atoms. The number of nitrogens with zero attached hydrogens (tertiary/aromatic N) is 5. The standard InChI is InChI=1S/C57H67FN8O8S/c1-37(2)46-6-5-7-48(58)53(46)51-36-63(35-39-8-11-43(73-4)12-9-39)26-27-65(51)42-31-57(32-42)21-24-64(25-22-57)41-10-14-47(52(29-41)74-44-28-40-18-23-59-54(40)61-34-44)55(67)62-75(71,72)45-13-15-49(50(30-45)66(69)70)60-33-38-16-19-56(3,68)20-17-38/h5-15,18,23,28-30,34,37-38,42,51,60,68H,16-17,19-22,24-27,31-33,35-36H2,1-4H3,(H,59,61)(H,62,67). The summed E-state index contributed by atoms with van der Waals surface area (Å²) in [6.07, 6.45) is 9.96. The molecule has 2 aromatic heterocycles. The van der Waals surface area contributed by atoms with Crippen LogP contribution in [0.25, 0.3) is 11.0 Å². The molecule has 10 rings (SSSR count). The number of hydrogen-bond acceptors (Lipinski definition) is 13. The zero-order chi connectivity index (χ0) is 52.6. The third kappa shape index (κ3) is 11.3. The Morgan fingerprint density at radius 2 is 1.72 bits per heavy atom. The molecule has 4 heterocycles. The van der Waals surface area contributed by atoms with Crippen molar-refractivity contribution in [1.29, 1.82) is 0 Å². The number of benzene rings is 4. The normalized spacial score (nSPS) is 21.5. The fourth-order valence-corrected chi connectivity index (χ4v) is 13.0. The number of amides is 1. The number of aromatic amines is 1. The number of rotatable bonds is 16. The van der Waals surface area contributed by atoms with Gasteiger partial charge in [-0.1, -0.05) is 38.1 Å². The van der Waals surface area contributed by atoms with E-state index in [0.717, 1.165) is 112 Å². The number of carbonyl (C=O) groups excluding carboxylic acids is 1. The average molecular weight is 1040 g/mol. The number of aliphatic hydroxyl groups is 1. The van der Waals surface area contributed by atoms with Crippen molar-refractivity contribution in [2.24, 2.45) is 11.3 Å². The van der Waals surface area contributed by atoms with Crippen LogP contribution in [0.4, 0.5) is 21.5 Å². The molecule has 6 aromatic rings. The lowest BCUT2D eigenvalue weighted by atomic mass is 9.59. The number of piperidine rings is 1. The Labute approximate surface area is 437 Å². The molecule has 4 aromatic carbocycles. The van der Waals surface area contributed by atoms with Gasteiger partial charge in [0.15, 0.2) is 0 Å². The Hall–Kier alpha value is -6.60. The van der Waals surface area contributed by atoms with Crippen molar-refractivity contribution in [3.05, 3.63) is 142 Å². The summed E-state index contributed by atoms with van der Waals surface area (Å²) in [5.41, 5.74) is 3.59. The van der Waals surface area contributed by atoms with Gasteiger partial charge in [-0.2, -0.15) is 0 Å². The molecule has 1 atom stereocenters. The van der Waals surface area contributed by atoms with E-state index in [1.165, 1.54) is 23.9 Å². The number of fused-ring (bicyclic) bond motifs is 1. The van der Waals surface area contributed by atoms with Gasteiger partial charge < -0.3 is 29.8 Å². The lowest BCUT2D eigenvalue weighted by molar-refractivity contribution is -0.384. The van der Waals surface area contributed by atoms with Crippen molar-refractivity contribution in [2.45, 2.75) is 107 Å². The quantitative estimate of drug-likeness (QED) is 0.0529. The van der Waals surface area contributed by atoms with E-state index >= 15 is 4.39 Å². The second-order valence-corrected chi connectivity index (χ2v) is 23.5. The van der Waals surface area contributed by atoms with Crippen LogP contribution in [0.15, 0.2) is 108 Å². The molecule has 4 N–H and O–H groups in total. The van der Waals surface area contributed by atoms with Crippen LogP contribution in [0.5, 0.6) is 17.2 Å². The number of ether oxygens (including phenoxy) is 2. The summed E-state index contributed by atoms with van der Waals surface area (Å²) in [4.78, 5) is 40.1. The molecular weight excluding hydrogens is 976 g/mol. The predicted molar refractivity (Wildman–Crippen MR) is 287 cm³/mol. The van der Waals surface area contributed by atoms with Crippen LogP contribution >= 0.6 is 0 Å². The minimum Gasteiger partial charge on any atom is -0.497 e. The second kappa shape index (κ2) is 21.2. The highest BCUT2D eigenvalue weighted by atomic mass is 32.2. The van der Waals surface area contributed by atoms with Gasteiger partial charge in [0, 0.05) is 86.8 Å². The monoisotopic (exact) mass is 1040 g/mol. The molecule has 1 spiro atoms. The molecule has 1 amide bonds. The number of nitrogens with one attached hydrogen (secondary N) is 3. The highest BCUT2D eigenvalue weighted by Gasteiger charge is 2.50. The molecule has 2 saturated heterocycles. The summed E-state index contributed by atoms with van der Waals surface area (Å²) in [5, 5.41) is 26.5. The fraction of sp³-hybridized carbons (Fsp3) is 0.439. The highest BCUT2D eigenvalue weighted by Crippen LogP contribution is 2.54. The molecule has 2 aliphatic heterocycles. The number of sulfonamides is 1. The maximum atomic E-state index is 16.1.